The van der Waals surface area contributed by atoms with Gasteiger partial charge in [-0.25, -0.2) is 0 Å². The van der Waals surface area contributed by atoms with Crippen molar-refractivity contribution in [3.05, 3.63) is 303 Å². The van der Waals surface area contributed by atoms with Crippen LogP contribution in [0.1, 0.15) is 0 Å². The van der Waals surface area contributed by atoms with Gasteiger partial charge in [0, 0.05) is 0 Å². The summed E-state index contributed by atoms with van der Waals surface area (Å²) in [6.07, 6.45) is 0. The third kappa shape index (κ3) is 7.94. The van der Waals surface area contributed by atoms with Crippen LogP contribution in [0.3, 0.4) is 0 Å². The number of hydrogen-bond donors (Lipinski definition) is 0. The Morgan fingerprint density at radius 3 is 1.25 bits per heavy atom. The van der Waals surface area contributed by atoms with Gasteiger partial charge in [-0.15, -0.1) is 0 Å². The molecule has 5 nitrogen and oxygen atoms in total. The number of anilines is 14. The van der Waals surface area contributed by atoms with Crippen molar-refractivity contribution in [2.45, 2.75) is 0 Å². The Kier molecular flexibility index (Phi) is 11.8. The van der Waals surface area contributed by atoms with Gasteiger partial charge in [-0.2, -0.15) is 0 Å². The first kappa shape index (κ1) is 47.5. The number of rotatable bonds is 10. The number of nitrogens with zero attached hydrogens (tertiary/aromatic N) is 5. The van der Waals surface area contributed by atoms with Crippen molar-refractivity contribution in [2.24, 2.45) is 0 Å². The molecule has 12 aromatic rings. The van der Waals surface area contributed by atoms with Crippen LogP contribution in [0.25, 0.3) is 11.1 Å². The molecule has 3 heterocycles. The monoisotopic (exact) mass is 1090 g/mol. The fourth-order valence-electron chi connectivity index (χ4n) is 12.8. The van der Waals surface area contributed by atoms with Gasteiger partial charge < -0.3 is 0 Å². The second kappa shape index (κ2) is 19.9. The summed E-state index contributed by atoms with van der Waals surface area (Å²) in [6.45, 7) is -0.354. The van der Waals surface area contributed by atoms with Gasteiger partial charge in [0.25, 0.3) is 0 Å². The molecule has 0 saturated heterocycles. The molecule has 375 valence electrons. The second-order valence-electron chi connectivity index (χ2n) is 20.6. The fraction of sp³-hybridized carbons (Fsp3) is 0. The SMILES string of the molecule is [Se]c1cc2c(cc1B1c3ccc(N(c4ccccc4)c4ccccc4)cc3-c3ccccc3N1c1ccccc1)B1c3ccccc3N(c3ccccc3)c3cc(N(c4ccccc4)c4ccccc4)cc(c31)N2c1ccccc1. The Morgan fingerprint density at radius 2 is 0.713 bits per heavy atom. The number of para-hydroxylation sites is 9. The molecule has 0 aliphatic carbocycles. The summed E-state index contributed by atoms with van der Waals surface area (Å²) >= 11 is 3.71. The normalized spacial score (nSPS) is 12.7. The minimum atomic E-state index is -0.224. The van der Waals surface area contributed by atoms with Crippen LogP contribution in [-0.4, -0.2) is 29.6 Å². The third-order valence-corrected chi connectivity index (χ3v) is 16.8. The van der Waals surface area contributed by atoms with E-state index in [0.29, 0.717) is 0 Å². The molecular weight excluding hydrogens is 1040 g/mol. The molecule has 0 unspecified atom stereocenters. The Balaban J connectivity index is 1.00. The molecule has 0 saturated carbocycles. The Labute approximate surface area is 476 Å². The topological polar surface area (TPSA) is 16.2 Å². The van der Waals surface area contributed by atoms with Crippen LogP contribution in [-0.2, 0) is 0 Å². The first-order valence-corrected chi connectivity index (χ1v) is 28.2. The van der Waals surface area contributed by atoms with Crippen LogP contribution < -0.4 is 56.2 Å². The molecule has 80 heavy (non-hydrogen) atoms. The Bertz CT molecular complexity index is 4160. The van der Waals surface area contributed by atoms with Gasteiger partial charge >= 0.3 is 480 Å². The van der Waals surface area contributed by atoms with E-state index in [4.69, 9.17) is 0 Å². The standard InChI is InChI=1S/C72H50B2N5Se/c80-71-50-68-64(49-65(71)74-62-45-44-58(75(51-26-8-1-9-27-51)52-28-10-2-11-29-52)46-61(62)60-40-22-24-42-66(60)79(74)57-38-20-7-21-39-57)73-63-41-23-25-43-67(63)77(55-34-16-5-17-35-55)69-47-59(48-70(72(69)73)78(68)56-36-18-6-19-37-56)76(53-30-12-3-13-31-53)54-32-14-4-15-33-54/h1-50H. The number of fused-ring (bicyclic) bond motifs is 7. The van der Waals surface area contributed by atoms with Crippen molar-refractivity contribution in [2.75, 3.05) is 24.4 Å². The molecule has 8 heteroatoms. The number of hydrogen-bond acceptors (Lipinski definition) is 5. The van der Waals surface area contributed by atoms with Crippen LogP contribution in [0, 0.1) is 0 Å². The maximum atomic E-state index is 3.71. The molecule has 0 fully saturated rings. The molecule has 0 N–H and O–H groups in total. The summed E-state index contributed by atoms with van der Waals surface area (Å²) in [4.78, 5) is 12.4. The zero-order valence-corrected chi connectivity index (χ0v) is 45.4. The van der Waals surface area contributed by atoms with Crippen LogP contribution in [0.5, 0.6) is 0 Å². The molecule has 0 spiro atoms. The van der Waals surface area contributed by atoms with E-state index < -0.39 is 0 Å². The molecule has 0 aromatic heterocycles. The molecule has 0 bridgehead atoms. The quantitative estimate of drug-likeness (QED) is 0.127. The molecule has 3 aliphatic heterocycles. The summed E-state index contributed by atoms with van der Waals surface area (Å²) in [6, 6.07) is 111. The molecule has 0 atom stereocenters. The van der Waals surface area contributed by atoms with E-state index in [1.54, 1.807) is 0 Å². The predicted octanol–water partition coefficient (Wildman–Crippen LogP) is 14.4. The average molecular weight is 1090 g/mol. The van der Waals surface area contributed by atoms with Crippen molar-refractivity contribution < 1.29 is 0 Å². The first-order valence-electron chi connectivity index (χ1n) is 27.4. The van der Waals surface area contributed by atoms with Gasteiger partial charge in [-0.05, 0) is 0 Å². The van der Waals surface area contributed by atoms with E-state index in [1.807, 2.05) is 0 Å². The summed E-state index contributed by atoms with van der Waals surface area (Å²) in [7, 11) is 0. The van der Waals surface area contributed by atoms with Crippen molar-refractivity contribution >= 4 is 141 Å². The Morgan fingerprint density at radius 1 is 0.275 bits per heavy atom. The summed E-state index contributed by atoms with van der Waals surface area (Å²) < 4.78 is 1.09. The van der Waals surface area contributed by atoms with E-state index in [9.17, 15) is 0 Å². The van der Waals surface area contributed by atoms with Crippen LogP contribution in [0.4, 0.5) is 79.6 Å². The van der Waals surface area contributed by atoms with Crippen molar-refractivity contribution in [1.82, 2.24) is 0 Å². The van der Waals surface area contributed by atoms with E-state index in [1.165, 1.54) is 38.4 Å². The molecule has 0 amide bonds. The second-order valence-corrected chi connectivity index (χ2v) is 21.5. The van der Waals surface area contributed by atoms with E-state index in [-0.39, 0.29) is 13.6 Å². The molecule has 3 aliphatic rings. The van der Waals surface area contributed by atoms with E-state index >= 15 is 0 Å². The third-order valence-electron chi connectivity index (χ3n) is 16.1. The predicted molar refractivity (Wildman–Crippen MR) is 341 cm³/mol. The minimum absolute atomic E-state index is 0.130. The first-order chi connectivity index (χ1) is 39.7. The van der Waals surface area contributed by atoms with Gasteiger partial charge in [0.2, 0.25) is 0 Å². The van der Waals surface area contributed by atoms with Gasteiger partial charge in [-0.1, -0.05) is 0 Å². The van der Waals surface area contributed by atoms with E-state index in [2.05, 4.69) is 344 Å². The summed E-state index contributed by atoms with van der Waals surface area (Å²) in [5, 5.41) is 0. The fourth-order valence-corrected chi connectivity index (χ4v) is 13.4. The zero-order chi connectivity index (χ0) is 53.1. The van der Waals surface area contributed by atoms with Gasteiger partial charge in [0.05, 0.1) is 0 Å². The van der Waals surface area contributed by atoms with Crippen LogP contribution >= 0.6 is 0 Å². The maximum absolute atomic E-state index is 3.71. The average Bonchev–Trinajstić information content (AvgIpc) is 3.60. The summed E-state index contributed by atoms with van der Waals surface area (Å²) in [5.41, 5.74) is 24.2. The molecule has 15 rings (SSSR count). The molecule has 12 aromatic carbocycles. The van der Waals surface area contributed by atoms with Crippen molar-refractivity contribution in [3.63, 3.8) is 0 Å². The molecule has 1 radical (unpaired) electrons. The van der Waals surface area contributed by atoms with Crippen molar-refractivity contribution in [1.29, 1.82) is 0 Å². The zero-order valence-electron chi connectivity index (χ0n) is 43.7. The van der Waals surface area contributed by atoms with Gasteiger partial charge in [-0.3, -0.25) is 0 Å². The van der Waals surface area contributed by atoms with Gasteiger partial charge in [0.15, 0.2) is 0 Å². The Hall–Kier alpha value is -9.71. The van der Waals surface area contributed by atoms with E-state index in [0.717, 1.165) is 84.1 Å². The molecular formula is C72H50B2N5Se. The van der Waals surface area contributed by atoms with Crippen molar-refractivity contribution in [3.8, 4) is 11.1 Å². The van der Waals surface area contributed by atoms with Crippen LogP contribution in [0.2, 0.25) is 0 Å². The van der Waals surface area contributed by atoms with Gasteiger partial charge in [0.1, 0.15) is 0 Å². The number of benzene rings is 12. The van der Waals surface area contributed by atoms with Crippen LogP contribution in [0.15, 0.2) is 303 Å². The summed E-state index contributed by atoms with van der Waals surface area (Å²) in [5.74, 6) is 0.